The number of nitriles is 1. The lowest BCUT2D eigenvalue weighted by Crippen LogP contribution is -2.15. The molecule has 0 saturated heterocycles. The van der Waals surface area contributed by atoms with Gasteiger partial charge < -0.3 is 0 Å². The molecule has 0 aliphatic carbocycles. The van der Waals surface area contributed by atoms with Crippen LogP contribution in [0.5, 0.6) is 0 Å². The SMILES string of the molecule is N#Cc1ccc(NS(=O)(=O)c2cc(C(F)(F)F)ccc2Cl)cc1. The highest BCUT2D eigenvalue weighted by Gasteiger charge is 2.32. The summed E-state index contributed by atoms with van der Waals surface area (Å²) in [6.07, 6.45) is -4.69. The average molecular weight is 361 g/mol. The van der Waals surface area contributed by atoms with Crippen molar-refractivity contribution < 1.29 is 21.6 Å². The summed E-state index contributed by atoms with van der Waals surface area (Å²) < 4.78 is 64.7. The van der Waals surface area contributed by atoms with Gasteiger partial charge in [-0.1, -0.05) is 11.6 Å². The second-order valence-electron chi connectivity index (χ2n) is 4.44. The fourth-order valence-electron chi connectivity index (χ4n) is 1.71. The van der Waals surface area contributed by atoms with Crippen molar-refractivity contribution in [3.05, 3.63) is 58.6 Å². The zero-order valence-electron chi connectivity index (χ0n) is 11.2. The molecule has 120 valence electrons. The average Bonchev–Trinajstić information content (AvgIpc) is 2.46. The van der Waals surface area contributed by atoms with E-state index in [4.69, 9.17) is 16.9 Å². The van der Waals surface area contributed by atoms with Crippen molar-refractivity contribution in [3.63, 3.8) is 0 Å². The molecule has 0 aliphatic heterocycles. The number of rotatable bonds is 3. The summed E-state index contributed by atoms with van der Waals surface area (Å²) in [5, 5.41) is 8.34. The molecule has 9 heteroatoms. The monoisotopic (exact) mass is 360 g/mol. The lowest BCUT2D eigenvalue weighted by Gasteiger charge is -2.12. The first-order chi connectivity index (χ1) is 10.6. The molecule has 0 heterocycles. The molecule has 4 nitrogen and oxygen atoms in total. The van der Waals surface area contributed by atoms with E-state index in [0.717, 1.165) is 6.07 Å². The Morgan fingerprint density at radius 1 is 1.09 bits per heavy atom. The first kappa shape index (κ1) is 17.1. The quantitative estimate of drug-likeness (QED) is 0.898. The first-order valence-corrected chi connectivity index (χ1v) is 7.89. The minimum Gasteiger partial charge on any atom is -0.280 e. The number of halogens is 4. The number of alkyl halides is 3. The Morgan fingerprint density at radius 2 is 1.70 bits per heavy atom. The molecule has 0 aliphatic rings. The van der Waals surface area contributed by atoms with Gasteiger partial charge >= 0.3 is 6.18 Å². The first-order valence-electron chi connectivity index (χ1n) is 6.03. The van der Waals surface area contributed by atoms with Crippen LogP contribution in [0, 0.1) is 11.3 Å². The molecule has 0 bridgehead atoms. The number of nitrogens with zero attached hydrogens (tertiary/aromatic N) is 1. The predicted octanol–water partition coefficient (Wildman–Crippen LogP) is 4.03. The highest BCUT2D eigenvalue weighted by molar-refractivity contribution is 7.92. The van der Waals surface area contributed by atoms with E-state index in [-0.39, 0.29) is 10.7 Å². The van der Waals surface area contributed by atoms with Crippen molar-refractivity contribution in [1.82, 2.24) is 0 Å². The summed E-state index contributed by atoms with van der Waals surface area (Å²) in [7, 11) is -4.31. The second-order valence-corrected chi connectivity index (χ2v) is 6.50. The third-order valence-electron chi connectivity index (χ3n) is 2.81. The topological polar surface area (TPSA) is 70.0 Å². The second kappa shape index (κ2) is 6.10. The van der Waals surface area contributed by atoms with Crippen molar-refractivity contribution in [1.29, 1.82) is 5.26 Å². The predicted molar refractivity (Wildman–Crippen MR) is 78.4 cm³/mol. The lowest BCUT2D eigenvalue weighted by atomic mass is 10.2. The highest BCUT2D eigenvalue weighted by Crippen LogP contribution is 2.33. The van der Waals surface area contributed by atoms with E-state index in [1.807, 2.05) is 6.07 Å². The Kier molecular flexibility index (Phi) is 4.54. The van der Waals surface area contributed by atoms with E-state index in [1.165, 1.54) is 24.3 Å². The lowest BCUT2D eigenvalue weighted by molar-refractivity contribution is -0.137. The number of nitrogens with one attached hydrogen (secondary N) is 1. The summed E-state index contributed by atoms with van der Waals surface area (Å²) >= 11 is 5.72. The number of sulfonamides is 1. The smallest absolute Gasteiger partial charge is 0.280 e. The minimum atomic E-state index is -4.69. The van der Waals surface area contributed by atoms with Crippen LogP contribution < -0.4 is 4.72 Å². The number of hydrogen-bond acceptors (Lipinski definition) is 3. The van der Waals surface area contributed by atoms with Gasteiger partial charge in [0.2, 0.25) is 0 Å². The summed E-state index contributed by atoms with van der Waals surface area (Å²) in [5.74, 6) is 0. The fourth-order valence-corrected chi connectivity index (χ4v) is 3.29. The van der Waals surface area contributed by atoms with E-state index in [1.54, 1.807) is 0 Å². The molecule has 0 saturated carbocycles. The molecule has 23 heavy (non-hydrogen) atoms. The molecule has 0 atom stereocenters. The Balaban J connectivity index is 2.41. The molecule has 2 rings (SSSR count). The molecular formula is C14H8ClF3N2O2S. The van der Waals surface area contributed by atoms with Crippen LogP contribution >= 0.6 is 11.6 Å². The van der Waals surface area contributed by atoms with Crippen LogP contribution in [0.25, 0.3) is 0 Å². The van der Waals surface area contributed by atoms with E-state index in [0.29, 0.717) is 17.7 Å². The zero-order chi connectivity index (χ0) is 17.3. The number of hydrogen-bond donors (Lipinski definition) is 1. The van der Waals surface area contributed by atoms with Crippen molar-refractivity contribution in [2.45, 2.75) is 11.1 Å². The standard InChI is InChI=1S/C14H8ClF3N2O2S/c15-12-6-3-10(14(16,17)18)7-13(12)23(21,22)20-11-4-1-9(8-19)2-5-11/h1-7,20H. The van der Waals surface area contributed by atoms with E-state index >= 15 is 0 Å². The van der Waals surface area contributed by atoms with Gasteiger partial charge in [0, 0.05) is 5.69 Å². The summed E-state index contributed by atoms with van der Waals surface area (Å²) in [5.41, 5.74) is -0.718. The van der Waals surface area contributed by atoms with Crippen molar-refractivity contribution in [3.8, 4) is 6.07 Å². The van der Waals surface area contributed by atoms with Crippen molar-refractivity contribution in [2.75, 3.05) is 4.72 Å². The van der Waals surface area contributed by atoms with Gasteiger partial charge in [-0.25, -0.2) is 8.42 Å². The van der Waals surface area contributed by atoms with Crippen LogP contribution in [0.3, 0.4) is 0 Å². The summed E-state index contributed by atoms with van der Waals surface area (Å²) in [6.45, 7) is 0. The molecule has 0 fully saturated rings. The third-order valence-corrected chi connectivity index (χ3v) is 4.68. The van der Waals surface area contributed by atoms with Gasteiger partial charge in [-0.3, -0.25) is 4.72 Å². The van der Waals surface area contributed by atoms with Gasteiger partial charge in [0.1, 0.15) is 4.90 Å². The van der Waals surface area contributed by atoms with Crippen molar-refractivity contribution >= 4 is 27.3 Å². The van der Waals surface area contributed by atoms with Gasteiger partial charge in [0.25, 0.3) is 10.0 Å². The fraction of sp³-hybridized carbons (Fsp3) is 0.0714. The van der Waals surface area contributed by atoms with Crippen LogP contribution in [0.15, 0.2) is 47.4 Å². The Bertz CT molecular complexity index is 872. The number of benzene rings is 2. The normalized spacial score (nSPS) is 11.8. The van der Waals surface area contributed by atoms with Crippen molar-refractivity contribution in [2.24, 2.45) is 0 Å². The van der Waals surface area contributed by atoms with Crippen LogP contribution in [0.2, 0.25) is 5.02 Å². The van der Waals surface area contributed by atoms with E-state index in [9.17, 15) is 21.6 Å². The van der Waals surface area contributed by atoms with Gasteiger partial charge in [-0.05, 0) is 42.5 Å². The summed E-state index contributed by atoms with van der Waals surface area (Å²) in [6, 6.07) is 9.26. The van der Waals surface area contributed by atoms with Crippen LogP contribution in [-0.2, 0) is 16.2 Å². The Morgan fingerprint density at radius 3 is 2.22 bits per heavy atom. The maximum atomic E-state index is 12.7. The molecule has 0 amide bonds. The molecule has 2 aromatic rings. The maximum absolute atomic E-state index is 12.7. The van der Waals surface area contributed by atoms with E-state index in [2.05, 4.69) is 4.72 Å². The van der Waals surface area contributed by atoms with Gasteiger partial charge in [0.05, 0.1) is 22.2 Å². The van der Waals surface area contributed by atoms with Crippen LogP contribution in [0.1, 0.15) is 11.1 Å². The van der Waals surface area contributed by atoms with E-state index < -0.39 is 26.7 Å². The molecule has 0 aromatic heterocycles. The minimum absolute atomic E-state index is 0.0949. The molecule has 1 N–H and O–H groups in total. The molecular weight excluding hydrogens is 353 g/mol. The maximum Gasteiger partial charge on any atom is 0.416 e. The van der Waals surface area contributed by atoms with Gasteiger partial charge in [0.15, 0.2) is 0 Å². The van der Waals surface area contributed by atoms with Crippen LogP contribution in [-0.4, -0.2) is 8.42 Å². The zero-order valence-corrected chi connectivity index (χ0v) is 12.8. The summed E-state index contributed by atoms with van der Waals surface area (Å²) in [4.78, 5) is -0.682. The number of anilines is 1. The Hall–Kier alpha value is -2.24. The molecule has 0 spiro atoms. The molecule has 2 aromatic carbocycles. The molecule has 0 radical (unpaired) electrons. The third kappa shape index (κ3) is 3.94. The largest absolute Gasteiger partial charge is 0.416 e. The molecule has 0 unspecified atom stereocenters. The Labute approximate surface area is 135 Å². The highest BCUT2D eigenvalue weighted by atomic mass is 35.5. The van der Waals surface area contributed by atoms with Gasteiger partial charge in [-0.15, -0.1) is 0 Å². The van der Waals surface area contributed by atoms with Gasteiger partial charge in [-0.2, -0.15) is 18.4 Å². The van der Waals surface area contributed by atoms with Crippen LogP contribution in [0.4, 0.5) is 18.9 Å².